The Morgan fingerprint density at radius 3 is 1.92 bits per heavy atom. The summed E-state index contributed by atoms with van der Waals surface area (Å²) in [5, 5.41) is 4.58. The summed E-state index contributed by atoms with van der Waals surface area (Å²) in [6.07, 6.45) is 9.71. The maximum absolute atomic E-state index is 2.54. The number of hydrogen-bond acceptors (Lipinski definition) is 0. The predicted octanol–water partition coefficient (Wildman–Crippen LogP) is 5.79. The van der Waals surface area contributed by atoms with Gasteiger partial charge in [0.2, 0.25) is 0 Å². The number of hydrogen-bond donors (Lipinski definition) is 0. The average Bonchev–Trinajstić information content (AvgIpc) is 2.61. The normalized spacial score (nSPS) is 17.8. The molecular weight excluding hydrogens is 307 g/mol. The van der Waals surface area contributed by atoms with Gasteiger partial charge in [-0.05, 0) is 54.7 Å². The Morgan fingerprint density at radius 2 is 1.46 bits per heavy atom. The van der Waals surface area contributed by atoms with E-state index in [0.717, 1.165) is 6.42 Å². The summed E-state index contributed by atoms with van der Waals surface area (Å²) >= 11 is 0. The first-order valence-corrected chi connectivity index (χ1v) is 11.0. The van der Waals surface area contributed by atoms with E-state index in [9.17, 15) is 0 Å². The topological polar surface area (TPSA) is 0 Å². The first kappa shape index (κ1) is 17.2. The molecule has 24 heavy (non-hydrogen) atoms. The van der Waals surface area contributed by atoms with Gasteiger partial charge in [-0.3, -0.25) is 0 Å². The highest BCUT2D eigenvalue weighted by Crippen LogP contribution is 2.65. The van der Waals surface area contributed by atoms with Crippen molar-refractivity contribution in [1.29, 1.82) is 0 Å². The fourth-order valence-electron chi connectivity index (χ4n) is 3.75. The zero-order valence-electron chi connectivity index (χ0n) is 15.0. The molecule has 1 unspecified atom stereocenters. The molecule has 0 fully saturated rings. The van der Waals surface area contributed by atoms with Crippen LogP contribution in [0.15, 0.2) is 84.2 Å². The highest BCUT2D eigenvalue weighted by atomic mass is 31.2. The second-order valence-electron chi connectivity index (χ2n) is 7.26. The van der Waals surface area contributed by atoms with E-state index in [0.29, 0.717) is 11.8 Å². The summed E-state index contributed by atoms with van der Waals surface area (Å²) < 4.78 is 0. The summed E-state index contributed by atoms with van der Waals surface area (Å²) in [7, 11) is -1.60. The molecule has 124 valence electrons. The second kappa shape index (κ2) is 7.49. The third kappa shape index (κ3) is 3.40. The van der Waals surface area contributed by atoms with Crippen molar-refractivity contribution < 1.29 is 0 Å². The molecule has 0 heterocycles. The van der Waals surface area contributed by atoms with Gasteiger partial charge in [-0.2, -0.15) is 0 Å². The summed E-state index contributed by atoms with van der Waals surface area (Å²) in [5.74, 6) is 1.29. The van der Waals surface area contributed by atoms with Crippen LogP contribution in [-0.2, 0) is 0 Å². The van der Waals surface area contributed by atoms with Crippen LogP contribution in [0, 0.1) is 11.8 Å². The minimum Gasteiger partial charge on any atom is -0.0800 e. The van der Waals surface area contributed by atoms with Crippen LogP contribution in [0.5, 0.6) is 0 Å². The van der Waals surface area contributed by atoms with E-state index in [-0.39, 0.29) is 0 Å². The number of allylic oxidation sites excluding steroid dienone is 4. The van der Waals surface area contributed by atoms with E-state index >= 15 is 0 Å². The Kier molecular flexibility index (Phi) is 5.36. The van der Waals surface area contributed by atoms with Crippen LogP contribution < -0.4 is 10.6 Å². The van der Waals surface area contributed by atoms with Crippen LogP contribution in [0.3, 0.4) is 0 Å². The van der Waals surface area contributed by atoms with E-state index in [4.69, 9.17) is 0 Å². The van der Waals surface area contributed by atoms with Crippen molar-refractivity contribution in [3.05, 3.63) is 84.2 Å². The van der Waals surface area contributed by atoms with Gasteiger partial charge >= 0.3 is 0 Å². The molecular formula is C23H28P+. The Bertz CT molecular complexity index is 671. The van der Waals surface area contributed by atoms with Crippen LogP contribution in [0.25, 0.3) is 0 Å². The lowest BCUT2D eigenvalue weighted by molar-refractivity contribution is 0.730. The van der Waals surface area contributed by atoms with E-state index in [1.807, 2.05) is 0 Å². The zero-order valence-corrected chi connectivity index (χ0v) is 15.9. The molecule has 0 nitrogen and oxygen atoms in total. The summed E-state index contributed by atoms with van der Waals surface area (Å²) in [4.78, 5) is 0. The van der Waals surface area contributed by atoms with Gasteiger partial charge in [-0.1, -0.05) is 63.2 Å². The van der Waals surface area contributed by atoms with Gasteiger partial charge in [0.25, 0.3) is 0 Å². The smallest absolute Gasteiger partial charge is 0.0800 e. The van der Waals surface area contributed by atoms with Crippen molar-refractivity contribution in [3.63, 3.8) is 0 Å². The third-order valence-electron chi connectivity index (χ3n) is 4.73. The van der Waals surface area contributed by atoms with Gasteiger partial charge in [-0.25, -0.2) is 0 Å². The molecule has 2 aromatic rings. The largest absolute Gasteiger partial charge is 0.112 e. The lowest BCUT2D eigenvalue weighted by atomic mass is 10.0. The van der Waals surface area contributed by atoms with Crippen molar-refractivity contribution in [1.82, 2.24) is 0 Å². The Balaban J connectivity index is 2.27. The van der Waals surface area contributed by atoms with Gasteiger partial charge in [0, 0.05) is 0 Å². The molecule has 0 aliphatic heterocycles. The summed E-state index contributed by atoms with van der Waals surface area (Å²) in [5.41, 5.74) is 0. The van der Waals surface area contributed by atoms with Crippen molar-refractivity contribution in [2.75, 3.05) is 6.16 Å². The summed E-state index contributed by atoms with van der Waals surface area (Å²) in [6.45, 7) is 7.05. The highest BCUT2D eigenvalue weighted by molar-refractivity contribution is 7.93. The van der Waals surface area contributed by atoms with Crippen molar-refractivity contribution in [3.8, 4) is 0 Å². The fourth-order valence-corrected chi connectivity index (χ4v) is 8.60. The van der Waals surface area contributed by atoms with Crippen LogP contribution in [-0.4, -0.2) is 6.16 Å². The van der Waals surface area contributed by atoms with Crippen LogP contribution in [0.4, 0.5) is 0 Å². The van der Waals surface area contributed by atoms with E-state index in [1.54, 1.807) is 5.31 Å². The molecule has 0 saturated heterocycles. The van der Waals surface area contributed by atoms with Crippen LogP contribution in [0.2, 0.25) is 0 Å². The SMILES string of the molecule is CC(C)C[P+](C1=CC(C)CC=C1)(c1ccccc1)c1ccccc1. The lowest BCUT2D eigenvalue weighted by Gasteiger charge is -2.31. The van der Waals surface area contributed by atoms with Crippen molar-refractivity contribution in [2.24, 2.45) is 11.8 Å². The Hall–Kier alpha value is -1.65. The van der Waals surface area contributed by atoms with Crippen molar-refractivity contribution in [2.45, 2.75) is 27.2 Å². The molecule has 0 radical (unpaired) electrons. The minimum absolute atomic E-state index is 0.629. The molecule has 0 spiro atoms. The number of rotatable bonds is 5. The molecule has 1 atom stereocenters. The third-order valence-corrected chi connectivity index (χ3v) is 9.54. The van der Waals surface area contributed by atoms with Gasteiger partial charge in [0.1, 0.15) is 23.2 Å². The first-order valence-electron chi connectivity index (χ1n) is 9.01. The van der Waals surface area contributed by atoms with Gasteiger partial charge in [0.05, 0.1) is 6.16 Å². The quantitative estimate of drug-likeness (QED) is 0.607. The highest BCUT2D eigenvalue weighted by Gasteiger charge is 2.46. The molecule has 2 aromatic carbocycles. The van der Waals surface area contributed by atoms with Gasteiger partial charge in [-0.15, -0.1) is 0 Å². The maximum atomic E-state index is 2.54. The van der Waals surface area contributed by atoms with E-state index in [2.05, 4.69) is 99.7 Å². The van der Waals surface area contributed by atoms with Gasteiger partial charge in [0.15, 0.2) is 0 Å². The van der Waals surface area contributed by atoms with E-state index < -0.39 is 7.26 Å². The summed E-state index contributed by atoms with van der Waals surface area (Å²) in [6, 6.07) is 22.4. The Labute approximate surface area is 147 Å². The predicted molar refractivity (Wildman–Crippen MR) is 110 cm³/mol. The molecule has 1 aliphatic carbocycles. The molecule has 0 bridgehead atoms. The minimum atomic E-state index is -1.60. The lowest BCUT2D eigenvalue weighted by Crippen LogP contribution is -2.28. The maximum Gasteiger partial charge on any atom is 0.112 e. The van der Waals surface area contributed by atoms with Gasteiger partial charge < -0.3 is 0 Å². The van der Waals surface area contributed by atoms with Crippen LogP contribution >= 0.6 is 7.26 Å². The molecule has 0 amide bonds. The first-order chi connectivity index (χ1) is 11.6. The molecule has 0 saturated carbocycles. The number of benzene rings is 2. The fraction of sp³-hybridized carbons (Fsp3) is 0.304. The molecule has 1 aliphatic rings. The Morgan fingerprint density at radius 1 is 0.917 bits per heavy atom. The average molecular weight is 335 g/mol. The molecule has 1 heteroatoms. The standard InChI is InChI=1S/C23H28P/c1-19(2)18-24(21-12-6-4-7-13-21,22-14-8-5-9-15-22)23-16-10-11-20(3)17-23/h4-10,12-17,19-20H,11,18H2,1-3H3/q+1. The second-order valence-corrected chi connectivity index (χ2v) is 10.8. The molecule has 0 aromatic heterocycles. The van der Waals surface area contributed by atoms with Crippen molar-refractivity contribution >= 4 is 17.9 Å². The molecule has 0 N–H and O–H groups in total. The zero-order chi connectivity index (χ0) is 17.0. The monoisotopic (exact) mass is 335 g/mol. The molecule has 3 rings (SSSR count). The van der Waals surface area contributed by atoms with Crippen LogP contribution in [0.1, 0.15) is 27.2 Å². The van der Waals surface area contributed by atoms with E-state index in [1.165, 1.54) is 16.8 Å².